The molecule has 0 fully saturated rings. The van der Waals surface area contributed by atoms with Gasteiger partial charge in [-0.1, -0.05) is 37.3 Å². The molecule has 4 nitrogen and oxygen atoms in total. The van der Waals surface area contributed by atoms with Crippen LogP contribution in [0.25, 0.3) is 0 Å². The summed E-state index contributed by atoms with van der Waals surface area (Å²) in [4.78, 5) is 0.277. The van der Waals surface area contributed by atoms with Crippen LogP contribution in [0.2, 0.25) is 0 Å². The summed E-state index contributed by atoms with van der Waals surface area (Å²) in [6.45, 7) is 8.07. The fourth-order valence-corrected chi connectivity index (χ4v) is 3.73. The molecule has 1 atom stereocenters. The molecule has 0 spiro atoms. The van der Waals surface area contributed by atoms with E-state index in [1.165, 1.54) is 0 Å². The van der Waals surface area contributed by atoms with Crippen molar-refractivity contribution in [3.8, 4) is 5.75 Å². The highest BCUT2D eigenvalue weighted by atomic mass is 32.2. The minimum absolute atomic E-state index is 0.276. The first-order valence-electron chi connectivity index (χ1n) is 8.13. The summed E-state index contributed by atoms with van der Waals surface area (Å²) in [7, 11) is -3.54. The highest BCUT2D eigenvalue weighted by Crippen LogP contribution is 2.22. The third kappa shape index (κ3) is 4.58. The first kappa shape index (κ1) is 18.5. The van der Waals surface area contributed by atoms with Gasteiger partial charge in [0.15, 0.2) is 0 Å². The van der Waals surface area contributed by atoms with Crippen molar-refractivity contribution in [2.45, 2.75) is 45.1 Å². The molecule has 2 aromatic carbocycles. The van der Waals surface area contributed by atoms with Gasteiger partial charge in [0, 0.05) is 0 Å². The van der Waals surface area contributed by atoms with Crippen LogP contribution < -0.4 is 9.46 Å². The van der Waals surface area contributed by atoms with Crippen LogP contribution in [0.4, 0.5) is 0 Å². The maximum Gasteiger partial charge on any atom is 0.240 e. The van der Waals surface area contributed by atoms with Crippen molar-refractivity contribution in [1.82, 2.24) is 4.72 Å². The lowest BCUT2D eigenvalue weighted by atomic mass is 10.1. The second-order valence-corrected chi connectivity index (χ2v) is 7.77. The Bertz CT molecular complexity index is 763. The Labute approximate surface area is 144 Å². The van der Waals surface area contributed by atoms with Gasteiger partial charge in [-0.05, 0) is 56.0 Å². The number of hydrogen-bond acceptors (Lipinski definition) is 3. The molecule has 1 N–H and O–H groups in total. The van der Waals surface area contributed by atoms with E-state index in [9.17, 15) is 8.42 Å². The maximum absolute atomic E-state index is 12.4. The molecule has 0 amide bonds. The molecule has 0 saturated carbocycles. The zero-order chi connectivity index (χ0) is 17.7. The van der Waals surface area contributed by atoms with Crippen LogP contribution in [0.3, 0.4) is 0 Å². The molecule has 130 valence electrons. The maximum atomic E-state index is 12.4. The number of rotatable bonds is 7. The topological polar surface area (TPSA) is 55.4 Å². The summed E-state index contributed by atoms with van der Waals surface area (Å²) in [5, 5.41) is 0. The lowest BCUT2D eigenvalue weighted by Crippen LogP contribution is -2.36. The average Bonchev–Trinajstić information content (AvgIpc) is 2.54. The molecule has 0 aliphatic heterocycles. The van der Waals surface area contributed by atoms with Gasteiger partial charge in [-0.25, -0.2) is 13.1 Å². The molecular formula is C19H25NO3S. The number of hydrogen-bond donors (Lipinski definition) is 1. The van der Waals surface area contributed by atoms with Gasteiger partial charge < -0.3 is 4.74 Å². The van der Waals surface area contributed by atoms with Crippen LogP contribution in [0.15, 0.2) is 47.4 Å². The number of aryl methyl sites for hydroxylation is 3. The zero-order valence-corrected chi connectivity index (χ0v) is 15.5. The highest BCUT2D eigenvalue weighted by Gasteiger charge is 2.18. The number of ether oxygens (including phenoxy) is 1. The molecule has 5 heteroatoms. The van der Waals surface area contributed by atoms with E-state index in [1.54, 1.807) is 19.1 Å². The third-order valence-electron chi connectivity index (χ3n) is 3.88. The summed E-state index contributed by atoms with van der Waals surface area (Å²) in [6.07, 6.45) is 0.883. The molecule has 0 bridgehead atoms. The Morgan fingerprint density at radius 1 is 1.04 bits per heavy atom. The number of para-hydroxylation sites is 1. The SMILES string of the molecule is CCc1ccc(S(=O)(=O)NC(C)COc2c(C)cccc2C)cc1. The second-order valence-electron chi connectivity index (χ2n) is 6.05. The number of sulfonamides is 1. The van der Waals surface area contributed by atoms with Gasteiger partial charge in [0.1, 0.15) is 12.4 Å². The summed E-state index contributed by atoms with van der Waals surface area (Å²) in [5.41, 5.74) is 3.20. The van der Waals surface area contributed by atoms with Gasteiger partial charge >= 0.3 is 0 Å². The number of benzene rings is 2. The van der Waals surface area contributed by atoms with E-state index in [2.05, 4.69) is 4.72 Å². The lowest BCUT2D eigenvalue weighted by molar-refractivity contribution is 0.284. The normalized spacial score (nSPS) is 12.8. The zero-order valence-electron chi connectivity index (χ0n) is 14.7. The predicted octanol–water partition coefficient (Wildman–Crippen LogP) is 3.61. The van der Waals surface area contributed by atoms with Crippen molar-refractivity contribution in [2.24, 2.45) is 0 Å². The molecule has 0 heterocycles. The van der Waals surface area contributed by atoms with E-state index < -0.39 is 10.0 Å². The first-order chi connectivity index (χ1) is 11.3. The summed E-state index contributed by atoms with van der Waals surface area (Å²) in [6, 6.07) is 12.6. The van der Waals surface area contributed by atoms with Crippen molar-refractivity contribution >= 4 is 10.0 Å². The van der Waals surface area contributed by atoms with Gasteiger partial charge in [-0.3, -0.25) is 0 Å². The molecule has 0 radical (unpaired) electrons. The van der Waals surface area contributed by atoms with Gasteiger partial charge in [-0.15, -0.1) is 0 Å². The van der Waals surface area contributed by atoms with Crippen molar-refractivity contribution in [3.05, 3.63) is 59.2 Å². The van der Waals surface area contributed by atoms with Crippen LogP contribution >= 0.6 is 0 Å². The molecule has 0 saturated heterocycles. The Hall–Kier alpha value is -1.85. The summed E-state index contributed by atoms with van der Waals surface area (Å²) in [5.74, 6) is 0.816. The lowest BCUT2D eigenvalue weighted by Gasteiger charge is -2.17. The van der Waals surface area contributed by atoms with Crippen molar-refractivity contribution in [2.75, 3.05) is 6.61 Å². The first-order valence-corrected chi connectivity index (χ1v) is 9.62. The van der Waals surface area contributed by atoms with Gasteiger partial charge in [0.2, 0.25) is 10.0 Å². The quantitative estimate of drug-likeness (QED) is 0.832. The van der Waals surface area contributed by atoms with Crippen molar-refractivity contribution in [1.29, 1.82) is 0 Å². The Morgan fingerprint density at radius 2 is 1.62 bits per heavy atom. The Balaban J connectivity index is 2.01. The fourth-order valence-electron chi connectivity index (χ4n) is 2.51. The van der Waals surface area contributed by atoms with Crippen LogP contribution in [0.5, 0.6) is 5.75 Å². The van der Waals surface area contributed by atoms with E-state index in [0.717, 1.165) is 28.9 Å². The van der Waals surface area contributed by atoms with Gasteiger partial charge in [-0.2, -0.15) is 0 Å². The van der Waals surface area contributed by atoms with Crippen molar-refractivity contribution < 1.29 is 13.2 Å². The Kier molecular flexibility index (Phi) is 6.02. The molecule has 0 aliphatic rings. The standard InChI is InChI=1S/C19H25NO3S/c1-5-17-9-11-18(12-10-17)24(21,22)20-16(4)13-23-19-14(2)7-6-8-15(19)3/h6-12,16,20H,5,13H2,1-4H3. The van der Waals surface area contributed by atoms with Crippen LogP contribution in [-0.2, 0) is 16.4 Å². The van der Waals surface area contributed by atoms with E-state index in [-0.39, 0.29) is 17.5 Å². The third-order valence-corrected chi connectivity index (χ3v) is 5.49. The monoisotopic (exact) mass is 347 g/mol. The molecule has 0 aromatic heterocycles. The fraction of sp³-hybridized carbons (Fsp3) is 0.368. The highest BCUT2D eigenvalue weighted by molar-refractivity contribution is 7.89. The molecule has 2 aromatic rings. The smallest absolute Gasteiger partial charge is 0.240 e. The summed E-state index contributed by atoms with van der Waals surface area (Å²) >= 11 is 0. The molecule has 24 heavy (non-hydrogen) atoms. The second kappa shape index (κ2) is 7.81. The molecular weight excluding hydrogens is 322 g/mol. The van der Waals surface area contributed by atoms with E-state index in [0.29, 0.717) is 0 Å². The van der Waals surface area contributed by atoms with Crippen molar-refractivity contribution in [3.63, 3.8) is 0 Å². The predicted molar refractivity (Wildman–Crippen MR) is 97.0 cm³/mol. The van der Waals surface area contributed by atoms with Gasteiger partial charge in [0.25, 0.3) is 0 Å². The minimum Gasteiger partial charge on any atom is -0.491 e. The van der Waals surface area contributed by atoms with Crippen LogP contribution in [0, 0.1) is 13.8 Å². The van der Waals surface area contributed by atoms with E-state index >= 15 is 0 Å². The van der Waals surface area contributed by atoms with E-state index in [4.69, 9.17) is 4.74 Å². The number of nitrogens with one attached hydrogen (secondary N) is 1. The molecule has 2 rings (SSSR count). The van der Waals surface area contributed by atoms with Crippen LogP contribution in [-0.4, -0.2) is 21.1 Å². The molecule has 1 unspecified atom stereocenters. The largest absolute Gasteiger partial charge is 0.491 e. The Morgan fingerprint density at radius 3 is 2.17 bits per heavy atom. The van der Waals surface area contributed by atoms with E-state index in [1.807, 2.05) is 51.1 Å². The summed E-state index contributed by atoms with van der Waals surface area (Å²) < 4.78 is 33.3. The molecule has 0 aliphatic carbocycles. The van der Waals surface area contributed by atoms with Crippen LogP contribution in [0.1, 0.15) is 30.5 Å². The van der Waals surface area contributed by atoms with Gasteiger partial charge in [0.05, 0.1) is 10.9 Å². The average molecular weight is 347 g/mol. The minimum atomic E-state index is -3.54.